The summed E-state index contributed by atoms with van der Waals surface area (Å²) in [7, 11) is 0. The number of aromatic nitrogens is 4. The van der Waals surface area contributed by atoms with E-state index in [2.05, 4.69) is 12.1 Å². The van der Waals surface area contributed by atoms with Crippen LogP contribution < -0.4 is 0 Å². The topological polar surface area (TPSA) is 43.6 Å². The van der Waals surface area contributed by atoms with Crippen molar-refractivity contribution in [3.8, 4) is 73.2 Å². The molecule has 10 rings (SSSR count). The highest BCUT2D eigenvalue weighted by atomic mass is 19.4. The maximum atomic E-state index is 15.1. The molecule has 0 unspecified atom stereocenters. The Kier molecular flexibility index (Phi) is 9.71. The summed E-state index contributed by atoms with van der Waals surface area (Å²) in [5.41, 5.74) is 4.08. The summed E-state index contributed by atoms with van der Waals surface area (Å²) in [6.45, 7) is 0. The Bertz CT molecular complexity index is 3140. The van der Waals surface area contributed by atoms with E-state index >= 15 is 13.2 Å². The summed E-state index contributed by atoms with van der Waals surface area (Å²) < 4.78 is 89.6. The molecule has 0 fully saturated rings. The molecule has 2 heterocycles. The lowest BCUT2D eigenvalue weighted by Gasteiger charge is -2.20. The first-order chi connectivity index (χ1) is 30.5. The van der Waals surface area contributed by atoms with E-state index in [9.17, 15) is 13.2 Å². The fraction of sp³-hybridized carbons (Fsp3) is 0.0377. The van der Waals surface area contributed by atoms with Crippen molar-refractivity contribution < 1.29 is 26.3 Å². The number of benzene rings is 8. The predicted molar refractivity (Wildman–Crippen MR) is 237 cm³/mol. The maximum absolute atomic E-state index is 15.1. The summed E-state index contributed by atoms with van der Waals surface area (Å²) in [4.78, 5) is 14.4. The van der Waals surface area contributed by atoms with Gasteiger partial charge in [-0.15, -0.1) is 0 Å². The van der Waals surface area contributed by atoms with Gasteiger partial charge in [0.05, 0.1) is 22.2 Å². The first kappa shape index (κ1) is 39.3. The number of halogens is 6. The van der Waals surface area contributed by atoms with Gasteiger partial charge in [-0.05, 0) is 88.0 Å². The van der Waals surface area contributed by atoms with Gasteiger partial charge >= 0.3 is 12.4 Å². The SMILES string of the molecule is FC(F)(F)c1ccc(-c2cc(-n3c4ccc(-c5ccccc5)cc4c4cc(-c5ccccc5)ccc43)ccc2-c2nc(-c3ccccc3)nc(-c3ccccc3)n2)c(C(F)(F)F)c1. The van der Waals surface area contributed by atoms with Gasteiger partial charge in [0.1, 0.15) is 0 Å². The molecular weight excluding hydrogens is 807 g/mol. The zero-order valence-corrected chi connectivity index (χ0v) is 33.0. The second-order valence-corrected chi connectivity index (χ2v) is 15.1. The molecule has 0 aliphatic carbocycles. The van der Waals surface area contributed by atoms with Gasteiger partial charge in [-0.3, -0.25) is 0 Å². The highest BCUT2D eigenvalue weighted by Crippen LogP contribution is 2.45. The number of rotatable bonds is 7. The van der Waals surface area contributed by atoms with Crippen LogP contribution in [0.1, 0.15) is 11.1 Å². The fourth-order valence-corrected chi connectivity index (χ4v) is 8.13. The largest absolute Gasteiger partial charge is 0.417 e. The van der Waals surface area contributed by atoms with E-state index in [4.69, 9.17) is 15.0 Å². The van der Waals surface area contributed by atoms with Gasteiger partial charge in [0.2, 0.25) is 0 Å². The highest BCUT2D eigenvalue weighted by Gasteiger charge is 2.39. The first-order valence-electron chi connectivity index (χ1n) is 20.0. The molecule has 10 heteroatoms. The predicted octanol–water partition coefficient (Wildman–Crippen LogP) is 15.0. The Morgan fingerprint density at radius 1 is 0.333 bits per heavy atom. The zero-order valence-electron chi connectivity index (χ0n) is 33.0. The van der Waals surface area contributed by atoms with Crippen LogP contribution in [-0.2, 0) is 12.4 Å². The number of hydrogen-bond donors (Lipinski definition) is 0. The van der Waals surface area contributed by atoms with E-state index in [1.54, 1.807) is 18.2 Å². The number of hydrogen-bond acceptors (Lipinski definition) is 3. The van der Waals surface area contributed by atoms with Crippen LogP contribution in [0.4, 0.5) is 26.3 Å². The average molecular weight is 839 g/mol. The van der Waals surface area contributed by atoms with Crippen molar-refractivity contribution in [1.29, 1.82) is 0 Å². The van der Waals surface area contributed by atoms with Crippen molar-refractivity contribution in [3.05, 3.63) is 205 Å². The van der Waals surface area contributed by atoms with Gasteiger partial charge < -0.3 is 4.57 Å². The molecular formula is C53H32F6N4. The third-order valence-corrected chi connectivity index (χ3v) is 11.1. The Balaban J connectivity index is 1.26. The van der Waals surface area contributed by atoms with Crippen molar-refractivity contribution in [2.24, 2.45) is 0 Å². The van der Waals surface area contributed by atoms with Crippen LogP contribution >= 0.6 is 0 Å². The van der Waals surface area contributed by atoms with Gasteiger partial charge in [0.15, 0.2) is 17.5 Å². The van der Waals surface area contributed by atoms with Gasteiger partial charge in [0.25, 0.3) is 0 Å². The van der Waals surface area contributed by atoms with E-state index < -0.39 is 29.0 Å². The van der Waals surface area contributed by atoms with Gasteiger partial charge in [-0.25, -0.2) is 15.0 Å². The molecule has 0 N–H and O–H groups in total. The monoisotopic (exact) mass is 838 g/mol. The van der Waals surface area contributed by atoms with Crippen LogP contribution in [0.25, 0.3) is 95.0 Å². The van der Waals surface area contributed by atoms with E-state index in [-0.39, 0.29) is 34.7 Å². The van der Waals surface area contributed by atoms with Crippen LogP contribution in [0.5, 0.6) is 0 Å². The van der Waals surface area contributed by atoms with Gasteiger partial charge in [-0.2, -0.15) is 26.3 Å². The number of alkyl halides is 6. The highest BCUT2D eigenvalue weighted by molar-refractivity contribution is 6.12. The smallest absolute Gasteiger partial charge is 0.309 e. The summed E-state index contributed by atoms with van der Waals surface area (Å²) in [5.74, 6) is 0.576. The summed E-state index contributed by atoms with van der Waals surface area (Å²) in [6.07, 6.45) is -10.2. The lowest BCUT2D eigenvalue weighted by atomic mass is 9.92. The van der Waals surface area contributed by atoms with Gasteiger partial charge in [0, 0.05) is 33.2 Å². The van der Waals surface area contributed by atoms with Crippen LogP contribution in [0.3, 0.4) is 0 Å². The van der Waals surface area contributed by atoms with Crippen molar-refractivity contribution in [2.75, 3.05) is 0 Å². The van der Waals surface area contributed by atoms with E-state index in [0.29, 0.717) is 22.9 Å². The lowest BCUT2D eigenvalue weighted by Crippen LogP contribution is -2.12. The maximum Gasteiger partial charge on any atom is 0.417 e. The molecule has 10 aromatic rings. The van der Waals surface area contributed by atoms with Crippen molar-refractivity contribution in [1.82, 2.24) is 19.5 Å². The van der Waals surface area contributed by atoms with Crippen LogP contribution in [0, 0.1) is 0 Å². The molecule has 0 saturated heterocycles. The van der Waals surface area contributed by atoms with Crippen molar-refractivity contribution >= 4 is 21.8 Å². The second-order valence-electron chi connectivity index (χ2n) is 15.1. The Labute approximate surface area is 357 Å². The van der Waals surface area contributed by atoms with E-state index in [0.717, 1.165) is 50.1 Å². The molecule has 0 radical (unpaired) electrons. The summed E-state index contributed by atoms with van der Waals surface area (Å²) in [6, 6.07) is 56.9. The first-order valence-corrected chi connectivity index (χ1v) is 20.0. The summed E-state index contributed by atoms with van der Waals surface area (Å²) >= 11 is 0. The molecule has 63 heavy (non-hydrogen) atoms. The van der Waals surface area contributed by atoms with Crippen molar-refractivity contribution in [2.45, 2.75) is 12.4 Å². The van der Waals surface area contributed by atoms with Gasteiger partial charge in [-0.1, -0.05) is 140 Å². The standard InChI is InChI=1S/C53H32F6N4/c54-52(55,56)39-23-25-41(46(31-39)53(57,58)59)43-32-40(24-26-42(43)51-61-49(35-17-9-3-10-18-35)60-50(62-51)36-19-11-4-12-20-36)63-47-27-21-37(33-13-5-1-6-14-33)29-44(47)45-30-38(22-28-48(45)63)34-15-7-2-8-16-34/h1-32H. The molecule has 0 saturated carbocycles. The zero-order chi connectivity index (χ0) is 43.3. The van der Waals surface area contributed by atoms with Crippen molar-refractivity contribution in [3.63, 3.8) is 0 Å². The molecule has 306 valence electrons. The normalized spacial score (nSPS) is 12.0. The minimum Gasteiger partial charge on any atom is -0.309 e. The molecule has 4 nitrogen and oxygen atoms in total. The molecule has 0 bridgehead atoms. The molecule has 0 aliphatic rings. The van der Waals surface area contributed by atoms with E-state index in [1.165, 1.54) is 0 Å². The molecule has 0 atom stereocenters. The second kappa shape index (κ2) is 15.6. The quantitative estimate of drug-likeness (QED) is 0.150. The van der Waals surface area contributed by atoms with Crippen LogP contribution in [0.15, 0.2) is 194 Å². The molecule has 8 aromatic carbocycles. The van der Waals surface area contributed by atoms with Crippen LogP contribution in [0.2, 0.25) is 0 Å². The van der Waals surface area contributed by atoms with E-state index in [1.807, 2.05) is 150 Å². The lowest BCUT2D eigenvalue weighted by molar-refractivity contribution is -0.142. The Morgan fingerprint density at radius 3 is 1.24 bits per heavy atom. The van der Waals surface area contributed by atoms with Crippen LogP contribution in [-0.4, -0.2) is 19.5 Å². The third kappa shape index (κ3) is 7.50. The molecule has 0 spiro atoms. The fourth-order valence-electron chi connectivity index (χ4n) is 8.13. The Morgan fingerprint density at radius 2 is 0.778 bits per heavy atom. The minimum atomic E-state index is -5.16. The number of fused-ring (bicyclic) bond motifs is 3. The minimum absolute atomic E-state index is 0.0189. The summed E-state index contributed by atoms with van der Waals surface area (Å²) in [5, 5.41) is 1.80. The average Bonchev–Trinajstić information content (AvgIpc) is 3.64. The Hall–Kier alpha value is -7.85. The molecule has 0 aliphatic heterocycles. The third-order valence-electron chi connectivity index (χ3n) is 11.1. The molecule has 2 aromatic heterocycles. The number of nitrogens with zero attached hydrogens (tertiary/aromatic N) is 4. The molecule has 0 amide bonds.